The van der Waals surface area contributed by atoms with Gasteiger partial charge in [0, 0.05) is 5.56 Å². The third kappa shape index (κ3) is 5.44. The van der Waals surface area contributed by atoms with Gasteiger partial charge in [0.05, 0.1) is 32.2 Å². The molecule has 0 aliphatic heterocycles. The minimum absolute atomic E-state index is 0.419. The second-order valence-corrected chi connectivity index (χ2v) is 9.28. The van der Waals surface area contributed by atoms with Crippen LogP contribution < -0.4 is 19.1 Å². The number of carbonyl (C=O) groups excluding carboxylic acids is 1. The fourth-order valence-corrected chi connectivity index (χ4v) is 4.63. The molecule has 2 aromatic carbocycles. The van der Waals surface area contributed by atoms with Crippen molar-refractivity contribution >= 4 is 21.6 Å². The maximum absolute atomic E-state index is 13.0. The van der Waals surface area contributed by atoms with Gasteiger partial charge < -0.3 is 14.8 Å². The molecule has 2 rings (SSSR count). The number of anilines is 1. The first-order valence-corrected chi connectivity index (χ1v) is 11.4. The number of aryl methyl sites for hydroxylation is 2. The molecule has 1 N–H and O–H groups in total. The molecule has 0 unspecified atom stereocenters. The van der Waals surface area contributed by atoms with Crippen LogP contribution in [-0.4, -0.2) is 40.8 Å². The van der Waals surface area contributed by atoms with Crippen molar-refractivity contribution in [2.75, 3.05) is 24.8 Å². The van der Waals surface area contributed by atoms with Crippen LogP contribution in [0.4, 0.5) is 5.69 Å². The zero-order valence-corrected chi connectivity index (χ0v) is 19.3. The molecule has 0 heterocycles. The van der Waals surface area contributed by atoms with E-state index in [9.17, 15) is 13.2 Å². The number of hydrogen-bond donors (Lipinski definition) is 1. The van der Waals surface area contributed by atoms with Crippen LogP contribution in [0.2, 0.25) is 0 Å². The Bertz CT molecular complexity index is 1000. The number of hydrogen-bond acceptors (Lipinski definition) is 5. The molecule has 0 saturated heterocycles. The second-order valence-electron chi connectivity index (χ2n) is 7.42. The Morgan fingerprint density at radius 3 is 2.10 bits per heavy atom. The van der Waals surface area contributed by atoms with Crippen LogP contribution in [0.5, 0.6) is 11.5 Å². The molecule has 1 amide bonds. The highest BCUT2D eigenvalue weighted by Crippen LogP contribution is 2.30. The zero-order valence-electron chi connectivity index (χ0n) is 18.5. The van der Waals surface area contributed by atoms with Crippen LogP contribution in [0, 0.1) is 13.8 Å². The molecule has 2 atom stereocenters. The summed E-state index contributed by atoms with van der Waals surface area (Å²) >= 11 is 0. The average Bonchev–Trinajstić information content (AvgIpc) is 2.65. The van der Waals surface area contributed by atoms with Gasteiger partial charge in [0.15, 0.2) is 0 Å². The second kappa shape index (κ2) is 9.38. The molecule has 0 spiro atoms. The fourth-order valence-electron chi connectivity index (χ4n) is 3.48. The number of amides is 1. The molecule has 0 fully saturated rings. The fraction of sp³-hybridized carbons (Fsp3) is 0.409. The molecular formula is C22H30N2O5S. The van der Waals surface area contributed by atoms with E-state index in [0.29, 0.717) is 17.2 Å². The van der Waals surface area contributed by atoms with E-state index in [1.54, 1.807) is 51.5 Å². The topological polar surface area (TPSA) is 84.9 Å². The van der Waals surface area contributed by atoms with E-state index in [2.05, 4.69) is 5.32 Å². The van der Waals surface area contributed by atoms with Gasteiger partial charge in [0.2, 0.25) is 15.9 Å². The van der Waals surface area contributed by atoms with Crippen LogP contribution in [0.15, 0.2) is 36.4 Å². The van der Waals surface area contributed by atoms with E-state index >= 15 is 0 Å². The summed E-state index contributed by atoms with van der Waals surface area (Å²) in [5.74, 6) is 0.815. The Morgan fingerprint density at radius 1 is 1.00 bits per heavy atom. The van der Waals surface area contributed by atoms with E-state index in [-0.39, 0.29) is 0 Å². The summed E-state index contributed by atoms with van der Waals surface area (Å²) in [5, 5.41) is 2.89. The van der Waals surface area contributed by atoms with Crippen molar-refractivity contribution in [1.29, 1.82) is 0 Å². The molecule has 164 valence electrons. The maximum atomic E-state index is 13.0. The lowest BCUT2D eigenvalue weighted by Crippen LogP contribution is -2.48. The summed E-state index contributed by atoms with van der Waals surface area (Å²) in [4.78, 5) is 13.0. The Hall–Kier alpha value is -2.74. The predicted molar refractivity (Wildman–Crippen MR) is 119 cm³/mol. The van der Waals surface area contributed by atoms with Gasteiger partial charge in [-0.15, -0.1) is 0 Å². The molecule has 0 aliphatic rings. The summed E-state index contributed by atoms with van der Waals surface area (Å²) < 4.78 is 36.9. The summed E-state index contributed by atoms with van der Waals surface area (Å²) in [6.07, 6.45) is 1.10. The van der Waals surface area contributed by atoms with Crippen LogP contribution in [-0.2, 0) is 14.8 Å². The van der Waals surface area contributed by atoms with Gasteiger partial charge in [-0.25, -0.2) is 8.42 Å². The van der Waals surface area contributed by atoms with Gasteiger partial charge in [-0.2, -0.15) is 0 Å². The summed E-state index contributed by atoms with van der Waals surface area (Å²) in [6.45, 7) is 7.16. The minimum atomic E-state index is -3.69. The number of ether oxygens (including phenoxy) is 2. The van der Waals surface area contributed by atoms with Gasteiger partial charge in [-0.1, -0.05) is 6.07 Å². The van der Waals surface area contributed by atoms with Crippen molar-refractivity contribution in [3.05, 3.63) is 53.1 Å². The van der Waals surface area contributed by atoms with E-state index in [0.717, 1.165) is 27.3 Å². The smallest absolute Gasteiger partial charge is 0.244 e. The van der Waals surface area contributed by atoms with Crippen molar-refractivity contribution in [1.82, 2.24) is 5.32 Å². The SMILES string of the molecule is COc1ccc(OC)c([C@@H](C)NC(=O)[C@H](C)N(c2cc(C)cc(C)c2)S(C)(=O)=O)c1. The number of sulfonamides is 1. The van der Waals surface area contributed by atoms with Gasteiger partial charge in [-0.3, -0.25) is 9.10 Å². The van der Waals surface area contributed by atoms with Gasteiger partial charge >= 0.3 is 0 Å². The largest absolute Gasteiger partial charge is 0.497 e. The van der Waals surface area contributed by atoms with Crippen molar-refractivity contribution in [2.24, 2.45) is 0 Å². The Balaban J connectivity index is 2.34. The molecular weight excluding hydrogens is 404 g/mol. The third-order valence-corrected chi connectivity index (χ3v) is 6.05. The standard InChI is InChI=1S/C22H30N2O5S/c1-14-10-15(2)12-18(11-14)24(30(7,26)27)17(4)22(25)23-16(3)20-13-19(28-5)8-9-21(20)29-6/h8-13,16-17H,1-7H3,(H,23,25)/t16-,17+/m1/s1. The van der Waals surface area contributed by atoms with Crippen molar-refractivity contribution < 1.29 is 22.7 Å². The van der Waals surface area contributed by atoms with Crippen LogP contribution >= 0.6 is 0 Å². The van der Waals surface area contributed by atoms with E-state index in [1.807, 2.05) is 26.8 Å². The Kier molecular flexibility index (Phi) is 7.36. The van der Waals surface area contributed by atoms with Crippen molar-refractivity contribution in [3.8, 4) is 11.5 Å². The number of rotatable bonds is 8. The molecule has 0 aliphatic carbocycles. The van der Waals surface area contributed by atoms with Crippen molar-refractivity contribution in [3.63, 3.8) is 0 Å². The van der Waals surface area contributed by atoms with Gasteiger partial charge in [-0.05, 0) is 69.2 Å². The third-order valence-electron chi connectivity index (χ3n) is 4.81. The lowest BCUT2D eigenvalue weighted by atomic mass is 10.1. The number of nitrogens with zero attached hydrogens (tertiary/aromatic N) is 1. The molecule has 0 bridgehead atoms. The number of nitrogens with one attached hydrogen (secondary N) is 1. The molecule has 30 heavy (non-hydrogen) atoms. The number of carbonyl (C=O) groups is 1. The average molecular weight is 435 g/mol. The van der Waals surface area contributed by atoms with E-state index < -0.39 is 28.0 Å². The maximum Gasteiger partial charge on any atom is 0.244 e. The quantitative estimate of drug-likeness (QED) is 0.689. The Labute approximate surface area is 179 Å². The summed E-state index contributed by atoms with van der Waals surface area (Å²) in [6, 6.07) is 9.41. The van der Waals surface area contributed by atoms with Crippen molar-refractivity contribution in [2.45, 2.75) is 39.8 Å². The lowest BCUT2D eigenvalue weighted by molar-refractivity contribution is -0.122. The highest BCUT2D eigenvalue weighted by Gasteiger charge is 2.30. The molecule has 0 saturated carbocycles. The van der Waals surface area contributed by atoms with E-state index in [1.165, 1.54) is 0 Å². The van der Waals surface area contributed by atoms with Crippen LogP contribution in [0.3, 0.4) is 0 Å². The summed E-state index contributed by atoms with van der Waals surface area (Å²) in [7, 11) is -0.582. The minimum Gasteiger partial charge on any atom is -0.497 e. The molecule has 7 nitrogen and oxygen atoms in total. The normalized spacial score (nSPS) is 13.3. The first kappa shape index (κ1) is 23.5. The highest BCUT2D eigenvalue weighted by molar-refractivity contribution is 7.92. The lowest BCUT2D eigenvalue weighted by Gasteiger charge is -2.30. The molecule has 0 aromatic heterocycles. The molecule has 0 radical (unpaired) electrons. The number of methoxy groups -OCH3 is 2. The Morgan fingerprint density at radius 2 is 1.60 bits per heavy atom. The molecule has 8 heteroatoms. The number of benzene rings is 2. The van der Waals surface area contributed by atoms with Crippen LogP contribution in [0.25, 0.3) is 0 Å². The summed E-state index contributed by atoms with van der Waals surface area (Å²) in [5.41, 5.74) is 3.03. The van der Waals surface area contributed by atoms with Gasteiger partial charge in [0.25, 0.3) is 0 Å². The molecule has 2 aromatic rings. The highest BCUT2D eigenvalue weighted by atomic mass is 32.2. The van der Waals surface area contributed by atoms with Gasteiger partial charge in [0.1, 0.15) is 17.5 Å². The predicted octanol–water partition coefficient (Wildman–Crippen LogP) is 3.35. The van der Waals surface area contributed by atoms with Crippen LogP contribution in [0.1, 0.15) is 36.6 Å². The monoisotopic (exact) mass is 434 g/mol. The first-order chi connectivity index (χ1) is 14.0. The zero-order chi connectivity index (χ0) is 22.6. The first-order valence-electron chi connectivity index (χ1n) is 9.58. The van der Waals surface area contributed by atoms with E-state index in [4.69, 9.17) is 9.47 Å².